The SMILES string of the molecule is c1ccc(-c2nc(-c3cccc(-n4c5ccccc5c5ccccc54)c3)nc(-c3cccc4ccccc34)n2)cc1. The average Bonchev–Trinajstić information content (AvgIpc) is 3.39. The Morgan fingerprint density at radius 1 is 0.390 bits per heavy atom. The van der Waals surface area contributed by atoms with E-state index >= 15 is 0 Å². The summed E-state index contributed by atoms with van der Waals surface area (Å²) >= 11 is 0. The maximum atomic E-state index is 5.07. The Morgan fingerprint density at radius 2 is 0.927 bits per heavy atom. The monoisotopic (exact) mass is 524 g/mol. The quantitative estimate of drug-likeness (QED) is 0.231. The fourth-order valence-corrected chi connectivity index (χ4v) is 5.75. The molecule has 8 aromatic rings. The van der Waals surface area contributed by atoms with Crippen molar-refractivity contribution in [3.8, 4) is 39.9 Å². The van der Waals surface area contributed by atoms with Gasteiger partial charge in [0.25, 0.3) is 0 Å². The first-order valence-electron chi connectivity index (χ1n) is 13.7. The highest BCUT2D eigenvalue weighted by Crippen LogP contribution is 2.34. The highest BCUT2D eigenvalue weighted by molar-refractivity contribution is 6.09. The zero-order valence-electron chi connectivity index (χ0n) is 22.1. The van der Waals surface area contributed by atoms with Crippen molar-refractivity contribution in [2.45, 2.75) is 0 Å². The van der Waals surface area contributed by atoms with E-state index in [0.717, 1.165) is 33.2 Å². The van der Waals surface area contributed by atoms with E-state index in [2.05, 4.69) is 120 Å². The van der Waals surface area contributed by atoms with Gasteiger partial charge in [-0.3, -0.25) is 0 Å². The van der Waals surface area contributed by atoms with Crippen molar-refractivity contribution in [3.05, 3.63) is 146 Å². The highest BCUT2D eigenvalue weighted by atomic mass is 15.0. The van der Waals surface area contributed by atoms with Crippen LogP contribution in [0.5, 0.6) is 0 Å². The molecule has 0 saturated heterocycles. The third kappa shape index (κ3) is 3.97. The van der Waals surface area contributed by atoms with Gasteiger partial charge in [0.2, 0.25) is 0 Å². The molecular weight excluding hydrogens is 500 g/mol. The molecule has 0 aliphatic carbocycles. The van der Waals surface area contributed by atoms with Gasteiger partial charge >= 0.3 is 0 Å². The van der Waals surface area contributed by atoms with Gasteiger partial charge in [-0.1, -0.05) is 121 Å². The minimum absolute atomic E-state index is 0.643. The van der Waals surface area contributed by atoms with Gasteiger partial charge in [-0.05, 0) is 35.0 Å². The van der Waals surface area contributed by atoms with Crippen molar-refractivity contribution in [2.24, 2.45) is 0 Å². The molecule has 0 aliphatic heterocycles. The van der Waals surface area contributed by atoms with Gasteiger partial charge in [-0.2, -0.15) is 0 Å². The molecule has 192 valence electrons. The Bertz CT molecular complexity index is 2150. The smallest absolute Gasteiger partial charge is 0.164 e. The van der Waals surface area contributed by atoms with Crippen LogP contribution in [0.15, 0.2) is 146 Å². The third-order valence-electron chi connectivity index (χ3n) is 7.64. The Morgan fingerprint density at radius 3 is 1.68 bits per heavy atom. The molecule has 0 saturated carbocycles. The number of benzene rings is 6. The summed E-state index contributed by atoms with van der Waals surface area (Å²) in [6, 6.07) is 50.3. The lowest BCUT2D eigenvalue weighted by molar-refractivity contribution is 1.07. The molecule has 0 spiro atoms. The topological polar surface area (TPSA) is 43.6 Å². The van der Waals surface area contributed by atoms with Gasteiger partial charge in [-0.25, -0.2) is 15.0 Å². The number of hydrogen-bond acceptors (Lipinski definition) is 3. The number of nitrogens with zero attached hydrogens (tertiary/aromatic N) is 4. The van der Waals surface area contributed by atoms with Crippen LogP contribution in [-0.2, 0) is 0 Å². The molecule has 4 nitrogen and oxygen atoms in total. The van der Waals surface area contributed by atoms with E-state index in [9.17, 15) is 0 Å². The number of aromatic nitrogens is 4. The van der Waals surface area contributed by atoms with E-state index in [1.54, 1.807) is 0 Å². The maximum Gasteiger partial charge on any atom is 0.164 e. The van der Waals surface area contributed by atoms with E-state index in [0.29, 0.717) is 17.5 Å². The van der Waals surface area contributed by atoms with Crippen LogP contribution in [0.25, 0.3) is 72.4 Å². The fourth-order valence-electron chi connectivity index (χ4n) is 5.75. The second-order valence-electron chi connectivity index (χ2n) is 10.1. The number of rotatable bonds is 4. The van der Waals surface area contributed by atoms with Crippen molar-refractivity contribution < 1.29 is 0 Å². The van der Waals surface area contributed by atoms with E-state index in [4.69, 9.17) is 15.0 Å². The van der Waals surface area contributed by atoms with Gasteiger partial charge in [0, 0.05) is 33.2 Å². The molecule has 0 atom stereocenters. The minimum atomic E-state index is 0.643. The molecule has 0 aliphatic rings. The summed E-state index contributed by atoms with van der Waals surface area (Å²) in [6.07, 6.45) is 0. The van der Waals surface area contributed by atoms with E-state index in [1.165, 1.54) is 21.8 Å². The Balaban J connectivity index is 1.35. The van der Waals surface area contributed by atoms with Crippen LogP contribution < -0.4 is 0 Å². The van der Waals surface area contributed by atoms with Gasteiger partial charge in [0.15, 0.2) is 17.5 Å². The molecule has 0 unspecified atom stereocenters. The summed E-state index contributed by atoms with van der Waals surface area (Å²) in [5.74, 6) is 1.96. The van der Waals surface area contributed by atoms with Gasteiger partial charge in [0.05, 0.1) is 11.0 Å². The fraction of sp³-hybridized carbons (Fsp3) is 0. The van der Waals surface area contributed by atoms with Crippen LogP contribution in [0.4, 0.5) is 0 Å². The van der Waals surface area contributed by atoms with Crippen LogP contribution in [-0.4, -0.2) is 19.5 Å². The maximum absolute atomic E-state index is 5.07. The number of para-hydroxylation sites is 2. The van der Waals surface area contributed by atoms with Crippen molar-refractivity contribution in [2.75, 3.05) is 0 Å². The van der Waals surface area contributed by atoms with Crippen LogP contribution >= 0.6 is 0 Å². The molecule has 6 aromatic carbocycles. The molecule has 4 heteroatoms. The van der Waals surface area contributed by atoms with E-state index in [1.807, 2.05) is 30.3 Å². The molecule has 8 rings (SSSR count). The number of hydrogen-bond donors (Lipinski definition) is 0. The Kier molecular flexibility index (Phi) is 5.42. The lowest BCUT2D eigenvalue weighted by atomic mass is 10.0. The lowest BCUT2D eigenvalue weighted by Gasteiger charge is -2.12. The summed E-state index contributed by atoms with van der Waals surface area (Å²) in [4.78, 5) is 15.0. The Hall–Kier alpha value is -5.61. The van der Waals surface area contributed by atoms with Crippen molar-refractivity contribution in [1.29, 1.82) is 0 Å². The van der Waals surface area contributed by atoms with Gasteiger partial charge < -0.3 is 4.57 Å². The molecule has 2 heterocycles. The molecule has 0 fully saturated rings. The summed E-state index contributed by atoms with van der Waals surface area (Å²) in [7, 11) is 0. The molecule has 41 heavy (non-hydrogen) atoms. The molecule has 0 amide bonds. The second-order valence-corrected chi connectivity index (χ2v) is 10.1. The third-order valence-corrected chi connectivity index (χ3v) is 7.64. The molecule has 0 radical (unpaired) electrons. The van der Waals surface area contributed by atoms with E-state index in [-0.39, 0.29) is 0 Å². The Labute approximate surface area is 237 Å². The first-order valence-corrected chi connectivity index (χ1v) is 13.7. The highest BCUT2D eigenvalue weighted by Gasteiger charge is 2.16. The summed E-state index contributed by atoms with van der Waals surface area (Å²) < 4.78 is 2.32. The van der Waals surface area contributed by atoms with Crippen LogP contribution in [0.2, 0.25) is 0 Å². The van der Waals surface area contributed by atoms with Crippen LogP contribution in [0.1, 0.15) is 0 Å². The standard InChI is InChI=1S/C37H24N4/c1-2-13-26(14-3-1)35-38-36(40-37(39-35)32-21-11-15-25-12-4-5-18-29(25)32)27-16-10-17-28(24-27)41-33-22-8-6-19-30(33)31-20-7-9-23-34(31)41/h1-24H. The zero-order valence-corrected chi connectivity index (χ0v) is 22.1. The van der Waals surface area contributed by atoms with Crippen LogP contribution in [0, 0.1) is 0 Å². The molecular formula is C37H24N4. The van der Waals surface area contributed by atoms with Gasteiger partial charge in [-0.15, -0.1) is 0 Å². The first kappa shape index (κ1) is 23.3. The molecule has 0 N–H and O–H groups in total. The summed E-state index contributed by atoms with van der Waals surface area (Å²) in [5.41, 5.74) is 6.28. The average molecular weight is 525 g/mol. The zero-order chi connectivity index (χ0) is 27.2. The van der Waals surface area contributed by atoms with Gasteiger partial charge in [0.1, 0.15) is 0 Å². The lowest BCUT2D eigenvalue weighted by Crippen LogP contribution is -2.01. The number of fused-ring (bicyclic) bond motifs is 4. The van der Waals surface area contributed by atoms with Crippen molar-refractivity contribution in [1.82, 2.24) is 19.5 Å². The largest absolute Gasteiger partial charge is 0.309 e. The molecule has 2 aromatic heterocycles. The molecule has 0 bridgehead atoms. The van der Waals surface area contributed by atoms with Crippen molar-refractivity contribution >= 4 is 32.6 Å². The summed E-state index contributed by atoms with van der Waals surface area (Å²) in [6.45, 7) is 0. The van der Waals surface area contributed by atoms with Crippen molar-refractivity contribution in [3.63, 3.8) is 0 Å². The predicted octanol–water partition coefficient (Wildman–Crippen LogP) is 9.12. The van der Waals surface area contributed by atoms with Crippen LogP contribution in [0.3, 0.4) is 0 Å². The minimum Gasteiger partial charge on any atom is -0.309 e. The first-order chi connectivity index (χ1) is 20.3. The second kappa shape index (κ2) is 9.54. The predicted molar refractivity (Wildman–Crippen MR) is 168 cm³/mol. The summed E-state index contributed by atoms with van der Waals surface area (Å²) in [5, 5.41) is 4.74. The van der Waals surface area contributed by atoms with E-state index < -0.39 is 0 Å². The normalized spacial score (nSPS) is 11.4.